The summed E-state index contributed by atoms with van der Waals surface area (Å²) in [5, 5.41) is 3.28. The van der Waals surface area contributed by atoms with Crippen LogP contribution < -0.4 is 11.1 Å². The van der Waals surface area contributed by atoms with Crippen molar-refractivity contribution in [2.75, 3.05) is 18.4 Å². The van der Waals surface area contributed by atoms with E-state index >= 15 is 0 Å². The molecule has 1 aromatic heterocycles. The van der Waals surface area contributed by atoms with Gasteiger partial charge in [-0.3, -0.25) is 0 Å². The summed E-state index contributed by atoms with van der Waals surface area (Å²) in [5.74, 6) is 0.109. The summed E-state index contributed by atoms with van der Waals surface area (Å²) in [6, 6.07) is 6.53. The maximum absolute atomic E-state index is 13.8. The molecular formula is C15H19FN4. The summed E-state index contributed by atoms with van der Waals surface area (Å²) in [6.45, 7) is 5.20. The minimum absolute atomic E-state index is 0.310. The van der Waals surface area contributed by atoms with Crippen molar-refractivity contribution in [3.63, 3.8) is 0 Å². The van der Waals surface area contributed by atoms with Gasteiger partial charge in [0.05, 0.1) is 22.6 Å². The minimum atomic E-state index is -0.310. The number of benzene rings is 1. The van der Waals surface area contributed by atoms with E-state index in [0.717, 1.165) is 30.0 Å². The first-order valence-corrected chi connectivity index (χ1v) is 6.67. The lowest BCUT2D eigenvalue weighted by Crippen LogP contribution is -2.12. The summed E-state index contributed by atoms with van der Waals surface area (Å²) in [6.07, 6.45) is 0.883. The molecule has 0 bridgehead atoms. The second-order valence-corrected chi connectivity index (χ2v) is 4.64. The largest absolute Gasteiger partial charge is 0.382 e. The molecule has 1 aromatic carbocycles. The predicted octanol–water partition coefficient (Wildman–Crippen LogP) is 2.66. The molecule has 0 unspecified atom stereocenters. The Balaban J connectivity index is 2.33. The Morgan fingerprint density at radius 2 is 1.80 bits per heavy atom. The number of aryl methyl sites for hydroxylation is 2. The van der Waals surface area contributed by atoms with Crippen LogP contribution in [0.3, 0.4) is 0 Å². The quantitative estimate of drug-likeness (QED) is 0.823. The predicted molar refractivity (Wildman–Crippen MR) is 79.1 cm³/mol. The molecule has 0 amide bonds. The van der Waals surface area contributed by atoms with E-state index in [0.29, 0.717) is 17.9 Å². The highest BCUT2D eigenvalue weighted by Gasteiger charge is 2.12. The average Bonchev–Trinajstić information content (AvgIpc) is 2.42. The van der Waals surface area contributed by atoms with Crippen LogP contribution in [-0.4, -0.2) is 23.1 Å². The highest BCUT2D eigenvalue weighted by molar-refractivity contribution is 5.60. The summed E-state index contributed by atoms with van der Waals surface area (Å²) in [7, 11) is 0. The Morgan fingerprint density at radius 1 is 1.15 bits per heavy atom. The average molecular weight is 274 g/mol. The third-order valence-electron chi connectivity index (χ3n) is 3.07. The number of rotatable bonds is 5. The Labute approximate surface area is 118 Å². The summed E-state index contributed by atoms with van der Waals surface area (Å²) >= 11 is 0. The van der Waals surface area contributed by atoms with Crippen LogP contribution in [0.15, 0.2) is 24.3 Å². The van der Waals surface area contributed by atoms with E-state index in [1.165, 1.54) is 6.07 Å². The van der Waals surface area contributed by atoms with Gasteiger partial charge in [0, 0.05) is 6.54 Å². The lowest BCUT2D eigenvalue weighted by molar-refractivity contribution is 0.630. The molecular weight excluding hydrogens is 255 g/mol. The topological polar surface area (TPSA) is 63.8 Å². The fraction of sp³-hybridized carbons (Fsp3) is 0.333. The molecule has 0 aliphatic rings. The number of hydrogen-bond acceptors (Lipinski definition) is 4. The number of aromatic nitrogens is 2. The molecule has 20 heavy (non-hydrogen) atoms. The monoisotopic (exact) mass is 274 g/mol. The van der Waals surface area contributed by atoms with Crippen molar-refractivity contribution < 1.29 is 4.39 Å². The van der Waals surface area contributed by atoms with Crippen LogP contribution >= 0.6 is 0 Å². The first-order valence-electron chi connectivity index (χ1n) is 6.67. The third kappa shape index (κ3) is 3.11. The molecule has 0 aliphatic heterocycles. The Bertz CT molecular complexity index is 575. The van der Waals surface area contributed by atoms with Gasteiger partial charge in [0.15, 0.2) is 5.82 Å². The molecule has 0 fully saturated rings. The molecule has 0 spiro atoms. The number of nitrogens with one attached hydrogen (secondary N) is 1. The summed E-state index contributed by atoms with van der Waals surface area (Å²) < 4.78 is 13.8. The van der Waals surface area contributed by atoms with Crippen LogP contribution in [0.1, 0.15) is 17.8 Å². The molecule has 0 radical (unpaired) electrons. The zero-order valence-electron chi connectivity index (χ0n) is 11.8. The zero-order valence-corrected chi connectivity index (χ0v) is 11.8. The number of anilines is 1. The smallest absolute Gasteiger partial charge is 0.162 e. The number of nitrogens with zero attached hydrogens (tertiary/aromatic N) is 2. The summed E-state index contributed by atoms with van der Waals surface area (Å²) in [4.78, 5) is 8.80. The van der Waals surface area contributed by atoms with Crippen molar-refractivity contribution >= 4 is 5.69 Å². The van der Waals surface area contributed by atoms with Crippen molar-refractivity contribution in [1.82, 2.24) is 9.97 Å². The zero-order chi connectivity index (χ0) is 14.5. The Kier molecular flexibility index (Phi) is 4.63. The minimum Gasteiger partial charge on any atom is -0.382 e. The first kappa shape index (κ1) is 14.4. The van der Waals surface area contributed by atoms with Crippen LogP contribution in [0.25, 0.3) is 11.4 Å². The van der Waals surface area contributed by atoms with Crippen molar-refractivity contribution in [3.05, 3.63) is 41.5 Å². The van der Waals surface area contributed by atoms with Gasteiger partial charge in [-0.05, 0) is 38.9 Å². The van der Waals surface area contributed by atoms with Crippen molar-refractivity contribution in [2.24, 2.45) is 5.73 Å². The van der Waals surface area contributed by atoms with Crippen LogP contribution in [0, 0.1) is 19.7 Å². The fourth-order valence-electron chi connectivity index (χ4n) is 2.05. The lowest BCUT2D eigenvalue weighted by atomic mass is 10.2. The normalized spacial score (nSPS) is 10.6. The van der Waals surface area contributed by atoms with E-state index in [4.69, 9.17) is 5.73 Å². The maximum Gasteiger partial charge on any atom is 0.162 e. The third-order valence-corrected chi connectivity index (χ3v) is 3.07. The second-order valence-electron chi connectivity index (χ2n) is 4.64. The van der Waals surface area contributed by atoms with Gasteiger partial charge in [0.1, 0.15) is 5.82 Å². The Morgan fingerprint density at radius 3 is 2.40 bits per heavy atom. The molecule has 0 saturated heterocycles. The molecule has 2 rings (SSSR count). The molecule has 0 aliphatic carbocycles. The lowest BCUT2D eigenvalue weighted by Gasteiger charge is -2.13. The highest BCUT2D eigenvalue weighted by atomic mass is 19.1. The molecule has 1 heterocycles. The van der Waals surface area contributed by atoms with Crippen molar-refractivity contribution in [1.29, 1.82) is 0 Å². The number of halogens is 1. The van der Waals surface area contributed by atoms with Crippen molar-refractivity contribution in [3.8, 4) is 11.4 Å². The van der Waals surface area contributed by atoms with Gasteiger partial charge in [0.25, 0.3) is 0 Å². The molecule has 4 nitrogen and oxygen atoms in total. The van der Waals surface area contributed by atoms with E-state index in [9.17, 15) is 4.39 Å². The SMILES string of the molecule is Cc1nc(-c2ccccc2F)nc(C)c1NCCCN. The molecule has 2 aromatic rings. The van der Waals surface area contributed by atoms with E-state index in [1.54, 1.807) is 18.2 Å². The van der Waals surface area contributed by atoms with Gasteiger partial charge in [-0.1, -0.05) is 12.1 Å². The van der Waals surface area contributed by atoms with Gasteiger partial charge in [0.2, 0.25) is 0 Å². The van der Waals surface area contributed by atoms with Gasteiger partial charge >= 0.3 is 0 Å². The number of hydrogen-bond donors (Lipinski definition) is 2. The summed E-state index contributed by atoms with van der Waals surface area (Å²) in [5.41, 5.74) is 8.42. The standard InChI is InChI=1S/C15H19FN4/c1-10-14(18-9-5-8-17)11(2)20-15(19-10)12-6-3-4-7-13(12)16/h3-4,6-7,18H,5,8-9,17H2,1-2H3. The van der Waals surface area contributed by atoms with Crippen molar-refractivity contribution in [2.45, 2.75) is 20.3 Å². The second kappa shape index (κ2) is 6.43. The van der Waals surface area contributed by atoms with Gasteiger partial charge in [-0.2, -0.15) is 0 Å². The number of nitrogens with two attached hydrogens (primary N) is 1. The molecule has 0 atom stereocenters. The van der Waals surface area contributed by atoms with Gasteiger partial charge < -0.3 is 11.1 Å². The van der Waals surface area contributed by atoms with E-state index < -0.39 is 0 Å². The molecule has 0 saturated carbocycles. The fourth-order valence-corrected chi connectivity index (χ4v) is 2.05. The van der Waals surface area contributed by atoms with E-state index in [-0.39, 0.29) is 5.82 Å². The van der Waals surface area contributed by atoms with E-state index in [1.807, 2.05) is 13.8 Å². The molecule has 5 heteroatoms. The molecule has 106 valence electrons. The van der Waals surface area contributed by atoms with Gasteiger partial charge in [-0.25, -0.2) is 14.4 Å². The van der Waals surface area contributed by atoms with Crippen LogP contribution in [-0.2, 0) is 0 Å². The van der Waals surface area contributed by atoms with Crippen LogP contribution in [0.2, 0.25) is 0 Å². The molecule has 3 N–H and O–H groups in total. The van der Waals surface area contributed by atoms with Crippen LogP contribution in [0.4, 0.5) is 10.1 Å². The van der Waals surface area contributed by atoms with E-state index in [2.05, 4.69) is 15.3 Å². The van der Waals surface area contributed by atoms with Crippen LogP contribution in [0.5, 0.6) is 0 Å². The Hall–Kier alpha value is -2.01. The first-order chi connectivity index (χ1) is 9.63. The maximum atomic E-state index is 13.8. The highest BCUT2D eigenvalue weighted by Crippen LogP contribution is 2.23. The van der Waals surface area contributed by atoms with Gasteiger partial charge in [-0.15, -0.1) is 0 Å².